The predicted octanol–water partition coefficient (Wildman–Crippen LogP) is 4.26. The highest BCUT2D eigenvalue weighted by Crippen LogP contribution is 2.39. The maximum Gasteiger partial charge on any atom is 0.150 e. The Morgan fingerprint density at radius 3 is 1.83 bits per heavy atom. The second kappa shape index (κ2) is 6.67. The van der Waals surface area contributed by atoms with Crippen LogP contribution in [0.4, 0.5) is 0 Å². The molecule has 0 aliphatic carbocycles. The molecule has 0 fully saturated rings. The van der Waals surface area contributed by atoms with Crippen LogP contribution >= 0.6 is 0 Å². The number of aldehydes is 1. The third-order valence-electron chi connectivity index (χ3n) is 4.55. The molecular formula is C21H19NO2. The summed E-state index contributed by atoms with van der Waals surface area (Å²) >= 11 is 0. The van der Waals surface area contributed by atoms with Crippen molar-refractivity contribution >= 4 is 6.29 Å². The third kappa shape index (κ3) is 2.81. The molecule has 0 bridgehead atoms. The van der Waals surface area contributed by atoms with E-state index in [4.69, 9.17) is 4.74 Å². The lowest BCUT2D eigenvalue weighted by Crippen LogP contribution is -2.25. The van der Waals surface area contributed by atoms with Crippen LogP contribution in [0, 0.1) is 0 Å². The minimum Gasteiger partial charge on any atom is -0.497 e. The number of aromatic nitrogens is 1. The Morgan fingerprint density at radius 1 is 0.833 bits per heavy atom. The highest BCUT2D eigenvalue weighted by atomic mass is 16.5. The van der Waals surface area contributed by atoms with Crippen LogP contribution in [0.5, 0.6) is 5.75 Å². The molecule has 0 aliphatic rings. The Labute approximate surface area is 142 Å². The number of pyridine rings is 1. The van der Waals surface area contributed by atoms with E-state index in [1.165, 1.54) is 0 Å². The molecule has 0 spiro atoms. The molecule has 0 aliphatic heterocycles. The van der Waals surface area contributed by atoms with Crippen LogP contribution in [-0.2, 0) is 5.41 Å². The van der Waals surface area contributed by atoms with Crippen LogP contribution in [0.25, 0.3) is 0 Å². The number of carbonyl (C=O) groups excluding carboxylic acids is 1. The van der Waals surface area contributed by atoms with Gasteiger partial charge in [-0.2, -0.15) is 0 Å². The van der Waals surface area contributed by atoms with Gasteiger partial charge in [-0.25, -0.2) is 0 Å². The minimum atomic E-state index is -0.351. The van der Waals surface area contributed by atoms with Crippen LogP contribution in [-0.4, -0.2) is 18.4 Å². The number of methoxy groups -OCH3 is 1. The van der Waals surface area contributed by atoms with Crippen molar-refractivity contribution in [1.29, 1.82) is 0 Å². The van der Waals surface area contributed by atoms with Crippen LogP contribution in [0.2, 0.25) is 0 Å². The van der Waals surface area contributed by atoms with Crippen molar-refractivity contribution in [1.82, 2.24) is 4.98 Å². The van der Waals surface area contributed by atoms with Gasteiger partial charge in [-0.1, -0.05) is 36.4 Å². The Hall–Kier alpha value is -2.94. The average Bonchev–Trinajstić information content (AvgIpc) is 2.68. The summed E-state index contributed by atoms with van der Waals surface area (Å²) in [6.07, 6.45) is 4.47. The highest BCUT2D eigenvalue weighted by Gasteiger charge is 2.31. The molecule has 0 amide bonds. The fourth-order valence-electron chi connectivity index (χ4n) is 3.00. The lowest BCUT2D eigenvalue weighted by Gasteiger charge is -2.32. The molecule has 1 aromatic heterocycles. The van der Waals surface area contributed by atoms with E-state index < -0.39 is 0 Å². The van der Waals surface area contributed by atoms with Gasteiger partial charge < -0.3 is 4.74 Å². The first-order valence-corrected chi connectivity index (χ1v) is 7.79. The summed E-state index contributed by atoms with van der Waals surface area (Å²) in [6.45, 7) is 2.18. The van der Waals surface area contributed by atoms with Crippen molar-refractivity contribution < 1.29 is 9.53 Å². The predicted molar refractivity (Wildman–Crippen MR) is 94.6 cm³/mol. The third-order valence-corrected chi connectivity index (χ3v) is 4.55. The van der Waals surface area contributed by atoms with Crippen LogP contribution in [0.1, 0.15) is 34.0 Å². The lowest BCUT2D eigenvalue weighted by molar-refractivity contribution is 0.112. The van der Waals surface area contributed by atoms with Gasteiger partial charge in [0.05, 0.1) is 7.11 Å². The molecular weight excluding hydrogens is 298 g/mol. The SMILES string of the molecule is COc1ccc(C(C)(c2ccncc2)c2ccc(C=O)cc2)cc1. The van der Waals surface area contributed by atoms with Crippen LogP contribution in [0.15, 0.2) is 73.1 Å². The zero-order valence-corrected chi connectivity index (χ0v) is 13.8. The van der Waals surface area contributed by atoms with E-state index in [1.54, 1.807) is 19.5 Å². The summed E-state index contributed by atoms with van der Waals surface area (Å²) < 4.78 is 5.27. The topological polar surface area (TPSA) is 39.2 Å². The zero-order chi connectivity index (χ0) is 17.0. The normalized spacial score (nSPS) is 13.1. The van der Waals surface area contributed by atoms with Gasteiger partial charge >= 0.3 is 0 Å². The van der Waals surface area contributed by atoms with Crippen molar-refractivity contribution in [2.45, 2.75) is 12.3 Å². The number of ether oxygens (including phenoxy) is 1. The fourth-order valence-corrected chi connectivity index (χ4v) is 3.00. The summed E-state index contributed by atoms with van der Waals surface area (Å²) in [5, 5.41) is 0. The van der Waals surface area contributed by atoms with Crippen molar-refractivity contribution in [3.63, 3.8) is 0 Å². The summed E-state index contributed by atoms with van der Waals surface area (Å²) in [4.78, 5) is 15.1. The van der Waals surface area contributed by atoms with Gasteiger partial charge in [-0.15, -0.1) is 0 Å². The number of rotatable bonds is 5. The zero-order valence-electron chi connectivity index (χ0n) is 13.8. The Bertz CT molecular complexity index is 811. The fraction of sp³-hybridized carbons (Fsp3) is 0.143. The first kappa shape index (κ1) is 15.9. The van der Waals surface area contributed by atoms with E-state index in [9.17, 15) is 4.79 Å². The summed E-state index contributed by atoms with van der Waals surface area (Å²) in [7, 11) is 1.66. The summed E-state index contributed by atoms with van der Waals surface area (Å²) in [6, 6.07) is 19.9. The van der Waals surface area contributed by atoms with Crippen LogP contribution in [0.3, 0.4) is 0 Å². The summed E-state index contributed by atoms with van der Waals surface area (Å²) in [5.74, 6) is 0.826. The molecule has 3 nitrogen and oxygen atoms in total. The largest absolute Gasteiger partial charge is 0.497 e. The van der Waals surface area contributed by atoms with Gasteiger partial charge in [0.2, 0.25) is 0 Å². The van der Waals surface area contributed by atoms with E-state index in [-0.39, 0.29) is 5.41 Å². The van der Waals surface area contributed by atoms with Crippen molar-refractivity contribution in [2.24, 2.45) is 0 Å². The number of nitrogens with zero attached hydrogens (tertiary/aromatic N) is 1. The number of hydrogen-bond acceptors (Lipinski definition) is 3. The van der Waals surface area contributed by atoms with Gasteiger partial charge in [0.1, 0.15) is 12.0 Å². The quantitative estimate of drug-likeness (QED) is 0.660. The smallest absolute Gasteiger partial charge is 0.150 e. The molecule has 0 saturated carbocycles. The second-order valence-corrected chi connectivity index (χ2v) is 5.83. The molecule has 120 valence electrons. The second-order valence-electron chi connectivity index (χ2n) is 5.83. The van der Waals surface area contributed by atoms with Gasteiger partial charge in [0.15, 0.2) is 0 Å². The van der Waals surface area contributed by atoms with Gasteiger partial charge in [0.25, 0.3) is 0 Å². The Balaban J connectivity index is 2.17. The van der Waals surface area contributed by atoms with E-state index in [0.717, 1.165) is 28.7 Å². The standard InChI is InChI=1S/C21H19NO2/c1-21(19-11-13-22-14-12-19,17-5-3-16(15-23)4-6-17)18-7-9-20(24-2)10-8-18/h3-15H,1-2H3. The minimum absolute atomic E-state index is 0.351. The van der Waals surface area contributed by atoms with Gasteiger partial charge in [0, 0.05) is 23.4 Å². The number of hydrogen-bond donors (Lipinski definition) is 0. The van der Waals surface area contributed by atoms with E-state index >= 15 is 0 Å². The van der Waals surface area contributed by atoms with Crippen molar-refractivity contribution in [3.05, 3.63) is 95.3 Å². The molecule has 3 heteroatoms. The maximum absolute atomic E-state index is 11.0. The van der Waals surface area contributed by atoms with Crippen LogP contribution < -0.4 is 4.74 Å². The molecule has 3 rings (SSSR count). The molecule has 0 saturated heterocycles. The first-order chi connectivity index (χ1) is 11.7. The van der Waals surface area contributed by atoms with Crippen molar-refractivity contribution in [2.75, 3.05) is 7.11 Å². The van der Waals surface area contributed by atoms with Gasteiger partial charge in [-0.3, -0.25) is 9.78 Å². The highest BCUT2D eigenvalue weighted by molar-refractivity contribution is 5.74. The monoisotopic (exact) mass is 317 g/mol. The summed E-state index contributed by atoms with van der Waals surface area (Å²) in [5.41, 5.74) is 3.72. The molecule has 2 aromatic carbocycles. The Morgan fingerprint density at radius 2 is 1.33 bits per heavy atom. The molecule has 1 heterocycles. The lowest BCUT2D eigenvalue weighted by atomic mass is 9.71. The molecule has 24 heavy (non-hydrogen) atoms. The van der Waals surface area contributed by atoms with E-state index in [0.29, 0.717) is 5.56 Å². The molecule has 0 N–H and O–H groups in total. The number of carbonyl (C=O) groups is 1. The Kier molecular flexibility index (Phi) is 4.43. The number of benzene rings is 2. The molecule has 1 unspecified atom stereocenters. The molecule has 1 atom stereocenters. The molecule has 3 aromatic rings. The van der Waals surface area contributed by atoms with Crippen molar-refractivity contribution in [3.8, 4) is 5.75 Å². The molecule has 0 radical (unpaired) electrons. The first-order valence-electron chi connectivity index (χ1n) is 7.79. The maximum atomic E-state index is 11.0. The average molecular weight is 317 g/mol. The van der Waals surface area contributed by atoms with Gasteiger partial charge in [-0.05, 0) is 47.9 Å². The van der Waals surface area contributed by atoms with E-state index in [2.05, 4.69) is 24.0 Å². The van der Waals surface area contributed by atoms with E-state index in [1.807, 2.05) is 48.5 Å².